The summed E-state index contributed by atoms with van der Waals surface area (Å²) in [5.74, 6) is -1.59. The number of carbonyl (C=O) groups is 3. The van der Waals surface area contributed by atoms with Crippen molar-refractivity contribution in [2.75, 3.05) is 10.6 Å². The van der Waals surface area contributed by atoms with Crippen LogP contribution in [0.4, 0.5) is 11.4 Å². The van der Waals surface area contributed by atoms with E-state index in [9.17, 15) is 19.5 Å². The molecule has 1 saturated carbocycles. The summed E-state index contributed by atoms with van der Waals surface area (Å²) in [5, 5.41) is 14.8. The maximum absolute atomic E-state index is 12.5. The largest absolute Gasteiger partial charge is 0.478 e. The lowest BCUT2D eigenvalue weighted by molar-refractivity contribution is -0.117. The van der Waals surface area contributed by atoms with Gasteiger partial charge in [-0.1, -0.05) is 18.2 Å². The molecular formula is C19H18N2O4. The Bertz CT molecular complexity index is 856. The van der Waals surface area contributed by atoms with Gasteiger partial charge in [-0.2, -0.15) is 0 Å². The normalized spacial score (nSPS) is 13.2. The van der Waals surface area contributed by atoms with Gasteiger partial charge in [0.2, 0.25) is 5.91 Å². The van der Waals surface area contributed by atoms with Gasteiger partial charge in [0, 0.05) is 17.3 Å². The molecule has 6 heteroatoms. The lowest BCUT2D eigenvalue weighted by atomic mass is 10.1. The standard InChI is InChI=1S/C19H18N2O4/c1-11-15(20-17(22)12-9-10-12)7-4-8-16(11)21-18(23)13-5-2-3-6-14(13)19(24)25/h2-8,12H,9-10H2,1H3,(H,20,22)(H,21,23)(H,24,25). The van der Waals surface area contributed by atoms with E-state index < -0.39 is 11.9 Å². The first-order chi connectivity index (χ1) is 12.0. The quantitative estimate of drug-likeness (QED) is 0.779. The van der Waals surface area contributed by atoms with Crippen molar-refractivity contribution in [3.63, 3.8) is 0 Å². The van der Waals surface area contributed by atoms with Gasteiger partial charge in [0.15, 0.2) is 0 Å². The molecule has 3 rings (SSSR count). The zero-order valence-corrected chi connectivity index (χ0v) is 13.7. The lowest BCUT2D eigenvalue weighted by Crippen LogP contribution is -2.18. The molecule has 1 fully saturated rings. The highest BCUT2D eigenvalue weighted by molar-refractivity contribution is 6.11. The minimum absolute atomic E-state index is 0.0113. The molecule has 0 saturated heterocycles. The van der Waals surface area contributed by atoms with Crippen LogP contribution in [0.15, 0.2) is 42.5 Å². The highest BCUT2D eigenvalue weighted by Gasteiger charge is 2.30. The van der Waals surface area contributed by atoms with Gasteiger partial charge in [0.25, 0.3) is 5.91 Å². The second-order valence-electron chi connectivity index (χ2n) is 6.05. The van der Waals surface area contributed by atoms with Crippen LogP contribution in [0, 0.1) is 12.8 Å². The van der Waals surface area contributed by atoms with E-state index in [2.05, 4.69) is 10.6 Å². The van der Waals surface area contributed by atoms with Gasteiger partial charge in [0.1, 0.15) is 0 Å². The summed E-state index contributed by atoms with van der Waals surface area (Å²) in [4.78, 5) is 35.7. The van der Waals surface area contributed by atoms with E-state index in [1.807, 2.05) is 0 Å². The Labute approximate surface area is 144 Å². The van der Waals surface area contributed by atoms with Gasteiger partial charge in [-0.25, -0.2) is 4.79 Å². The Morgan fingerprint density at radius 2 is 1.52 bits per heavy atom. The van der Waals surface area contributed by atoms with Crippen LogP contribution in [0.3, 0.4) is 0 Å². The molecular weight excluding hydrogens is 320 g/mol. The summed E-state index contributed by atoms with van der Waals surface area (Å²) in [6.45, 7) is 1.79. The Hall–Kier alpha value is -3.15. The van der Waals surface area contributed by atoms with Crippen LogP contribution in [0.1, 0.15) is 39.1 Å². The Morgan fingerprint density at radius 1 is 0.920 bits per heavy atom. The monoisotopic (exact) mass is 338 g/mol. The second kappa shape index (κ2) is 6.76. The zero-order chi connectivity index (χ0) is 18.0. The van der Waals surface area contributed by atoms with Crippen molar-refractivity contribution in [3.8, 4) is 0 Å². The van der Waals surface area contributed by atoms with Gasteiger partial charge in [-0.3, -0.25) is 9.59 Å². The summed E-state index contributed by atoms with van der Waals surface area (Å²) in [5.41, 5.74) is 1.91. The third-order valence-corrected chi connectivity index (χ3v) is 4.19. The third-order valence-electron chi connectivity index (χ3n) is 4.19. The summed E-state index contributed by atoms with van der Waals surface area (Å²) in [7, 11) is 0. The van der Waals surface area contributed by atoms with Crippen molar-refractivity contribution in [2.45, 2.75) is 19.8 Å². The van der Waals surface area contributed by atoms with Crippen molar-refractivity contribution < 1.29 is 19.5 Å². The second-order valence-corrected chi connectivity index (χ2v) is 6.05. The number of carboxylic acids is 1. The zero-order valence-electron chi connectivity index (χ0n) is 13.7. The first-order valence-electron chi connectivity index (χ1n) is 8.01. The predicted molar refractivity (Wildman–Crippen MR) is 93.9 cm³/mol. The number of hydrogen-bond donors (Lipinski definition) is 3. The predicted octanol–water partition coefficient (Wildman–Crippen LogP) is 3.29. The van der Waals surface area contributed by atoms with Crippen molar-refractivity contribution in [2.24, 2.45) is 5.92 Å². The van der Waals surface area contributed by atoms with E-state index >= 15 is 0 Å². The molecule has 0 atom stereocenters. The maximum atomic E-state index is 12.5. The number of anilines is 2. The average Bonchev–Trinajstić information content (AvgIpc) is 3.43. The first-order valence-corrected chi connectivity index (χ1v) is 8.01. The van der Waals surface area contributed by atoms with Crippen LogP contribution < -0.4 is 10.6 Å². The molecule has 0 radical (unpaired) electrons. The number of carbonyl (C=O) groups excluding carboxylic acids is 2. The average molecular weight is 338 g/mol. The molecule has 1 aliphatic rings. The molecule has 128 valence electrons. The van der Waals surface area contributed by atoms with Crippen LogP contribution in [0.2, 0.25) is 0 Å². The fourth-order valence-corrected chi connectivity index (χ4v) is 2.54. The minimum atomic E-state index is -1.16. The molecule has 6 nitrogen and oxygen atoms in total. The van der Waals surface area contributed by atoms with Crippen molar-refractivity contribution in [3.05, 3.63) is 59.2 Å². The van der Waals surface area contributed by atoms with Gasteiger partial charge in [-0.15, -0.1) is 0 Å². The summed E-state index contributed by atoms with van der Waals surface area (Å²) < 4.78 is 0. The van der Waals surface area contributed by atoms with Gasteiger partial charge >= 0.3 is 5.97 Å². The van der Waals surface area contributed by atoms with Crippen LogP contribution >= 0.6 is 0 Å². The van der Waals surface area contributed by atoms with E-state index in [0.29, 0.717) is 11.4 Å². The summed E-state index contributed by atoms with van der Waals surface area (Å²) in [6, 6.07) is 11.2. The molecule has 3 N–H and O–H groups in total. The minimum Gasteiger partial charge on any atom is -0.478 e. The summed E-state index contributed by atoms with van der Waals surface area (Å²) in [6.07, 6.45) is 1.82. The van der Waals surface area contributed by atoms with E-state index in [0.717, 1.165) is 18.4 Å². The van der Waals surface area contributed by atoms with Gasteiger partial charge in [-0.05, 0) is 49.6 Å². The van der Waals surface area contributed by atoms with Crippen LogP contribution in [-0.4, -0.2) is 22.9 Å². The Morgan fingerprint density at radius 3 is 2.12 bits per heavy atom. The number of aromatic carboxylic acids is 1. The van der Waals surface area contributed by atoms with Gasteiger partial charge < -0.3 is 15.7 Å². The highest BCUT2D eigenvalue weighted by atomic mass is 16.4. The smallest absolute Gasteiger partial charge is 0.336 e. The molecule has 0 aromatic heterocycles. The molecule has 0 bridgehead atoms. The fourth-order valence-electron chi connectivity index (χ4n) is 2.54. The van der Waals surface area contributed by atoms with E-state index in [1.165, 1.54) is 12.1 Å². The molecule has 0 aliphatic heterocycles. The maximum Gasteiger partial charge on any atom is 0.336 e. The SMILES string of the molecule is Cc1c(NC(=O)c2ccccc2C(=O)O)cccc1NC(=O)C1CC1. The highest BCUT2D eigenvalue weighted by Crippen LogP contribution is 2.31. The third kappa shape index (κ3) is 3.68. The molecule has 0 heterocycles. The molecule has 0 spiro atoms. The van der Waals surface area contributed by atoms with Crippen LogP contribution in [0.5, 0.6) is 0 Å². The van der Waals surface area contributed by atoms with Crippen molar-refractivity contribution in [1.29, 1.82) is 0 Å². The number of rotatable bonds is 5. The van der Waals surface area contributed by atoms with E-state index in [-0.39, 0.29) is 23.0 Å². The van der Waals surface area contributed by atoms with E-state index in [1.54, 1.807) is 37.3 Å². The Balaban J connectivity index is 1.82. The van der Waals surface area contributed by atoms with Gasteiger partial charge in [0.05, 0.1) is 11.1 Å². The number of nitrogens with one attached hydrogen (secondary N) is 2. The lowest BCUT2D eigenvalue weighted by Gasteiger charge is -2.14. The Kier molecular flexibility index (Phi) is 4.52. The number of amides is 2. The molecule has 25 heavy (non-hydrogen) atoms. The van der Waals surface area contributed by atoms with E-state index in [4.69, 9.17) is 0 Å². The summed E-state index contributed by atoms with van der Waals surface area (Å²) >= 11 is 0. The molecule has 2 aromatic rings. The van der Waals surface area contributed by atoms with Crippen molar-refractivity contribution in [1.82, 2.24) is 0 Å². The fraction of sp³-hybridized carbons (Fsp3) is 0.211. The number of hydrogen-bond acceptors (Lipinski definition) is 3. The molecule has 1 aliphatic carbocycles. The van der Waals surface area contributed by atoms with Crippen LogP contribution in [0.25, 0.3) is 0 Å². The van der Waals surface area contributed by atoms with Crippen LogP contribution in [-0.2, 0) is 4.79 Å². The topological polar surface area (TPSA) is 95.5 Å². The van der Waals surface area contributed by atoms with Crippen molar-refractivity contribution >= 4 is 29.2 Å². The first kappa shape index (κ1) is 16.7. The molecule has 2 aromatic carbocycles. The molecule has 0 unspecified atom stereocenters. The number of carboxylic acid groups (broad SMARTS) is 1. The number of benzene rings is 2. The molecule has 2 amide bonds.